The molecule has 0 radical (unpaired) electrons. The maximum atomic E-state index is 12.0. The van der Waals surface area contributed by atoms with Crippen LogP contribution in [0.5, 0.6) is 5.75 Å². The van der Waals surface area contributed by atoms with Gasteiger partial charge in [-0.15, -0.1) is 0 Å². The first kappa shape index (κ1) is 13.3. The predicted octanol–water partition coefficient (Wildman–Crippen LogP) is -0.0579. The lowest BCUT2D eigenvalue weighted by atomic mass is 10.1. The molecule has 0 aromatic heterocycles. The average molecular weight is 238 g/mol. The number of ether oxygens (including phenoxy) is 1. The Morgan fingerprint density at radius 3 is 2.76 bits per heavy atom. The number of benzene rings is 1. The number of hydrogen-bond acceptors (Lipinski definition) is 5. The van der Waals surface area contributed by atoms with E-state index in [4.69, 9.17) is 22.0 Å². The molecule has 6 N–H and O–H groups in total. The molecule has 1 rings (SSSR count). The minimum absolute atomic E-state index is 0.295. The van der Waals surface area contributed by atoms with Gasteiger partial charge in [0.25, 0.3) is 5.91 Å². The molecule has 6 nitrogen and oxygen atoms in total. The van der Waals surface area contributed by atoms with E-state index in [1.807, 2.05) is 0 Å². The molecule has 0 aliphatic rings. The molecule has 0 bridgehead atoms. The summed E-state index contributed by atoms with van der Waals surface area (Å²) >= 11 is 0. The molecule has 0 fully saturated rings. The zero-order valence-electron chi connectivity index (χ0n) is 9.85. The second-order valence-corrected chi connectivity index (χ2v) is 3.56. The molecule has 17 heavy (non-hydrogen) atoms. The van der Waals surface area contributed by atoms with Gasteiger partial charge < -0.3 is 16.2 Å². The molecular weight excluding hydrogens is 220 g/mol. The number of carbonyl (C=O) groups is 1. The highest BCUT2D eigenvalue weighted by Gasteiger charge is 2.16. The number of nitrogens with two attached hydrogens (primary N) is 3. The van der Waals surface area contributed by atoms with Crippen molar-refractivity contribution >= 4 is 11.6 Å². The lowest BCUT2D eigenvalue weighted by Crippen LogP contribution is -2.39. The quantitative estimate of drug-likeness (QED) is 0.288. The van der Waals surface area contributed by atoms with Crippen LogP contribution in [0.2, 0.25) is 0 Å². The zero-order valence-corrected chi connectivity index (χ0v) is 9.85. The average Bonchev–Trinajstić information content (AvgIpc) is 2.35. The van der Waals surface area contributed by atoms with Gasteiger partial charge in [-0.25, -0.2) is 5.84 Å². The van der Waals surface area contributed by atoms with Crippen LogP contribution in [0.4, 0.5) is 5.69 Å². The Kier molecular flexibility index (Phi) is 4.74. The number of amides is 1. The van der Waals surface area contributed by atoms with Crippen LogP contribution < -0.4 is 22.0 Å². The molecule has 0 saturated heterocycles. The van der Waals surface area contributed by atoms with Crippen molar-refractivity contribution in [2.24, 2.45) is 11.6 Å². The molecule has 0 spiro atoms. The molecule has 0 aliphatic heterocycles. The molecule has 0 heterocycles. The number of para-hydroxylation sites is 1. The Balaban J connectivity index is 2.88. The van der Waals surface area contributed by atoms with Gasteiger partial charge in [0.15, 0.2) is 0 Å². The molecule has 1 aromatic rings. The molecule has 6 heteroatoms. The normalized spacial score (nSPS) is 10.1. The van der Waals surface area contributed by atoms with E-state index in [-0.39, 0.29) is 5.91 Å². The van der Waals surface area contributed by atoms with Crippen molar-refractivity contribution in [3.63, 3.8) is 0 Å². The molecule has 0 unspecified atom stereocenters. The summed E-state index contributed by atoms with van der Waals surface area (Å²) in [6.07, 6.45) is 0.645. The Morgan fingerprint density at radius 1 is 1.47 bits per heavy atom. The van der Waals surface area contributed by atoms with Crippen LogP contribution >= 0.6 is 0 Å². The van der Waals surface area contributed by atoms with Crippen LogP contribution in [0.15, 0.2) is 18.2 Å². The fraction of sp³-hybridized carbons (Fsp3) is 0.364. The number of rotatable bonds is 5. The molecule has 1 amide bonds. The predicted molar refractivity (Wildman–Crippen MR) is 66.3 cm³/mol. The van der Waals surface area contributed by atoms with Crippen molar-refractivity contribution in [1.82, 2.24) is 5.01 Å². The molecule has 1 aromatic carbocycles. The van der Waals surface area contributed by atoms with Gasteiger partial charge in [0, 0.05) is 6.54 Å². The van der Waals surface area contributed by atoms with Crippen LogP contribution in [0, 0.1) is 0 Å². The van der Waals surface area contributed by atoms with Crippen LogP contribution in [0.3, 0.4) is 0 Å². The molecule has 0 saturated carbocycles. The molecular formula is C11H18N4O2. The van der Waals surface area contributed by atoms with Gasteiger partial charge in [-0.05, 0) is 25.1 Å². The van der Waals surface area contributed by atoms with Crippen LogP contribution in [0.25, 0.3) is 0 Å². The van der Waals surface area contributed by atoms with E-state index in [9.17, 15) is 4.79 Å². The van der Waals surface area contributed by atoms with E-state index in [0.29, 0.717) is 36.5 Å². The number of methoxy groups -OCH3 is 1. The summed E-state index contributed by atoms with van der Waals surface area (Å²) in [4.78, 5) is 12.0. The van der Waals surface area contributed by atoms with Gasteiger partial charge in [-0.2, -0.15) is 0 Å². The van der Waals surface area contributed by atoms with E-state index < -0.39 is 0 Å². The maximum absolute atomic E-state index is 12.0. The first-order chi connectivity index (χ1) is 8.11. The van der Waals surface area contributed by atoms with Gasteiger partial charge in [0.05, 0.1) is 18.4 Å². The second-order valence-electron chi connectivity index (χ2n) is 3.56. The standard InChI is InChI=1S/C11H18N4O2/c1-17-9-5-2-4-8(10(9)13)11(16)15(14)7-3-6-12/h2,4-5H,3,6-7,12-14H2,1H3. The summed E-state index contributed by atoms with van der Waals surface area (Å²) in [5.41, 5.74) is 11.8. The van der Waals surface area contributed by atoms with Crippen LogP contribution in [-0.2, 0) is 0 Å². The summed E-state index contributed by atoms with van der Waals surface area (Å²) in [5.74, 6) is 5.75. The Bertz CT molecular complexity index is 395. The lowest BCUT2D eigenvalue weighted by Gasteiger charge is -2.17. The van der Waals surface area contributed by atoms with Gasteiger partial charge >= 0.3 is 0 Å². The third-order valence-corrected chi connectivity index (χ3v) is 2.38. The number of carbonyl (C=O) groups excluding carboxylic acids is 1. The highest BCUT2D eigenvalue weighted by molar-refractivity contribution is 6.00. The van der Waals surface area contributed by atoms with Crippen molar-refractivity contribution in [3.8, 4) is 5.75 Å². The third kappa shape index (κ3) is 3.08. The minimum Gasteiger partial charge on any atom is -0.495 e. The largest absolute Gasteiger partial charge is 0.495 e. The molecule has 0 atom stereocenters. The minimum atomic E-state index is -0.338. The highest BCUT2D eigenvalue weighted by atomic mass is 16.5. The zero-order chi connectivity index (χ0) is 12.8. The summed E-state index contributed by atoms with van der Waals surface area (Å²) < 4.78 is 5.04. The van der Waals surface area contributed by atoms with Crippen molar-refractivity contribution in [2.75, 3.05) is 25.9 Å². The van der Waals surface area contributed by atoms with E-state index in [1.165, 1.54) is 7.11 Å². The van der Waals surface area contributed by atoms with Crippen molar-refractivity contribution in [2.45, 2.75) is 6.42 Å². The Hall–Kier alpha value is -1.79. The summed E-state index contributed by atoms with van der Waals surface area (Å²) in [5, 5.41) is 1.11. The summed E-state index contributed by atoms with van der Waals surface area (Å²) in [6, 6.07) is 4.99. The Morgan fingerprint density at radius 2 is 2.18 bits per heavy atom. The summed E-state index contributed by atoms with van der Waals surface area (Å²) in [6.45, 7) is 0.876. The number of nitrogen functional groups attached to an aromatic ring is 1. The second kappa shape index (κ2) is 6.07. The van der Waals surface area contributed by atoms with Gasteiger partial charge in [0.2, 0.25) is 0 Å². The van der Waals surface area contributed by atoms with Crippen LogP contribution in [0.1, 0.15) is 16.8 Å². The number of nitrogens with zero attached hydrogens (tertiary/aromatic N) is 1. The summed E-state index contributed by atoms with van der Waals surface area (Å²) in [7, 11) is 1.49. The highest BCUT2D eigenvalue weighted by Crippen LogP contribution is 2.25. The van der Waals surface area contributed by atoms with Gasteiger partial charge in [-0.1, -0.05) is 6.07 Å². The van der Waals surface area contributed by atoms with Crippen molar-refractivity contribution < 1.29 is 9.53 Å². The molecule has 0 aliphatic carbocycles. The van der Waals surface area contributed by atoms with Gasteiger partial charge in [0.1, 0.15) is 5.75 Å². The number of anilines is 1. The van der Waals surface area contributed by atoms with Crippen molar-refractivity contribution in [1.29, 1.82) is 0 Å². The third-order valence-electron chi connectivity index (χ3n) is 2.38. The first-order valence-electron chi connectivity index (χ1n) is 5.31. The van der Waals surface area contributed by atoms with E-state index >= 15 is 0 Å². The maximum Gasteiger partial charge on any atom is 0.269 e. The first-order valence-corrected chi connectivity index (χ1v) is 5.31. The number of hydrogen-bond donors (Lipinski definition) is 3. The smallest absolute Gasteiger partial charge is 0.269 e. The topological polar surface area (TPSA) is 108 Å². The fourth-order valence-electron chi connectivity index (χ4n) is 1.43. The van der Waals surface area contributed by atoms with E-state index in [0.717, 1.165) is 5.01 Å². The van der Waals surface area contributed by atoms with Crippen molar-refractivity contribution in [3.05, 3.63) is 23.8 Å². The van der Waals surface area contributed by atoms with E-state index in [2.05, 4.69) is 0 Å². The van der Waals surface area contributed by atoms with E-state index in [1.54, 1.807) is 18.2 Å². The lowest BCUT2D eigenvalue weighted by molar-refractivity contribution is 0.0755. The monoisotopic (exact) mass is 238 g/mol. The Labute approximate surface area is 100 Å². The fourth-order valence-corrected chi connectivity index (χ4v) is 1.43. The van der Waals surface area contributed by atoms with Crippen LogP contribution in [-0.4, -0.2) is 31.1 Å². The molecule has 94 valence electrons. The van der Waals surface area contributed by atoms with Gasteiger partial charge in [-0.3, -0.25) is 9.80 Å². The number of hydrazine groups is 1. The SMILES string of the molecule is COc1cccc(C(=O)N(N)CCCN)c1N.